The number of carbonyl (C=O) groups excluding carboxylic acids is 1. The van der Waals surface area contributed by atoms with Crippen molar-refractivity contribution in [1.82, 2.24) is 0 Å². The minimum absolute atomic E-state index is 0.0594. The van der Waals surface area contributed by atoms with Gasteiger partial charge in [0.1, 0.15) is 5.75 Å². The summed E-state index contributed by atoms with van der Waals surface area (Å²) in [6.07, 6.45) is 4.63. The molecule has 0 saturated heterocycles. The van der Waals surface area contributed by atoms with Crippen LogP contribution >= 0.6 is 0 Å². The van der Waals surface area contributed by atoms with Crippen molar-refractivity contribution in [3.63, 3.8) is 0 Å². The Morgan fingerprint density at radius 1 is 1.37 bits per heavy atom. The quantitative estimate of drug-likeness (QED) is 0.883. The van der Waals surface area contributed by atoms with E-state index in [9.17, 15) is 4.79 Å². The van der Waals surface area contributed by atoms with Gasteiger partial charge in [-0.2, -0.15) is 0 Å². The van der Waals surface area contributed by atoms with Crippen LogP contribution in [0.5, 0.6) is 5.75 Å². The van der Waals surface area contributed by atoms with E-state index in [2.05, 4.69) is 6.07 Å². The first kappa shape index (κ1) is 12.5. The van der Waals surface area contributed by atoms with E-state index >= 15 is 0 Å². The number of para-hydroxylation sites is 1. The summed E-state index contributed by atoms with van der Waals surface area (Å²) in [5.41, 5.74) is 7.66. The molecule has 1 aliphatic heterocycles. The molecule has 1 amide bonds. The molecule has 1 heterocycles. The summed E-state index contributed by atoms with van der Waals surface area (Å²) in [6, 6.07) is 5.96. The standard InChI is InChI=1S/C15H20N2O2/c1-19-12-7-2-5-11-6-3-10-17(13(11)12)14(18)15(16)8-4-9-15/h2,5,7H,3-4,6,8-10,16H2,1H3. The van der Waals surface area contributed by atoms with Gasteiger partial charge in [-0.05, 0) is 43.7 Å². The number of aryl methyl sites for hydroxylation is 1. The van der Waals surface area contributed by atoms with Crippen LogP contribution in [0.2, 0.25) is 0 Å². The number of rotatable bonds is 2. The van der Waals surface area contributed by atoms with Crippen molar-refractivity contribution in [3.8, 4) is 5.75 Å². The number of carbonyl (C=O) groups is 1. The maximum atomic E-state index is 12.7. The summed E-state index contributed by atoms with van der Waals surface area (Å²) < 4.78 is 5.42. The lowest BCUT2D eigenvalue weighted by molar-refractivity contribution is -0.126. The van der Waals surface area contributed by atoms with Crippen LogP contribution in [-0.4, -0.2) is 25.1 Å². The van der Waals surface area contributed by atoms with Crippen LogP contribution in [0.25, 0.3) is 0 Å². The second kappa shape index (κ2) is 4.53. The van der Waals surface area contributed by atoms with Crippen LogP contribution in [0.15, 0.2) is 18.2 Å². The van der Waals surface area contributed by atoms with Gasteiger partial charge in [-0.15, -0.1) is 0 Å². The van der Waals surface area contributed by atoms with Crippen molar-refractivity contribution in [2.45, 2.75) is 37.6 Å². The van der Waals surface area contributed by atoms with Gasteiger partial charge in [0.2, 0.25) is 5.91 Å². The maximum absolute atomic E-state index is 12.7. The first-order valence-corrected chi connectivity index (χ1v) is 6.92. The third-order valence-corrected chi connectivity index (χ3v) is 4.32. The minimum atomic E-state index is -0.643. The fraction of sp³-hybridized carbons (Fsp3) is 0.533. The Kier molecular flexibility index (Phi) is 2.97. The summed E-state index contributed by atoms with van der Waals surface area (Å²) in [7, 11) is 1.65. The lowest BCUT2D eigenvalue weighted by atomic mass is 9.76. The SMILES string of the molecule is COc1cccc2c1N(C(=O)C1(N)CCC1)CCC2. The molecule has 1 aromatic rings. The van der Waals surface area contributed by atoms with Crippen LogP contribution in [0.4, 0.5) is 5.69 Å². The summed E-state index contributed by atoms with van der Waals surface area (Å²) in [6.45, 7) is 0.741. The highest BCUT2D eigenvalue weighted by Crippen LogP contribution is 2.39. The smallest absolute Gasteiger partial charge is 0.247 e. The van der Waals surface area contributed by atoms with Crippen LogP contribution in [0.1, 0.15) is 31.2 Å². The monoisotopic (exact) mass is 260 g/mol. The number of hydrogen-bond acceptors (Lipinski definition) is 3. The van der Waals surface area contributed by atoms with Crippen molar-refractivity contribution < 1.29 is 9.53 Å². The number of amides is 1. The molecule has 0 atom stereocenters. The Hall–Kier alpha value is -1.55. The van der Waals surface area contributed by atoms with Crippen molar-refractivity contribution in [3.05, 3.63) is 23.8 Å². The zero-order valence-corrected chi connectivity index (χ0v) is 11.3. The summed E-state index contributed by atoms with van der Waals surface area (Å²) in [4.78, 5) is 14.5. The largest absolute Gasteiger partial charge is 0.495 e. The van der Waals surface area contributed by atoms with E-state index in [0.717, 1.165) is 50.1 Å². The van der Waals surface area contributed by atoms with Crippen molar-refractivity contribution in [1.29, 1.82) is 0 Å². The number of benzene rings is 1. The Morgan fingerprint density at radius 2 is 2.16 bits per heavy atom. The van der Waals surface area contributed by atoms with Crippen molar-refractivity contribution in [2.75, 3.05) is 18.6 Å². The number of nitrogens with two attached hydrogens (primary N) is 1. The van der Waals surface area contributed by atoms with Gasteiger partial charge in [-0.1, -0.05) is 12.1 Å². The molecule has 4 nitrogen and oxygen atoms in total. The Bertz CT molecular complexity index is 495. The summed E-state index contributed by atoms with van der Waals surface area (Å²) >= 11 is 0. The molecule has 19 heavy (non-hydrogen) atoms. The average molecular weight is 260 g/mol. The van der Waals surface area contributed by atoms with Gasteiger partial charge in [0, 0.05) is 6.54 Å². The zero-order chi connectivity index (χ0) is 13.5. The molecule has 1 aliphatic carbocycles. The van der Waals surface area contributed by atoms with Crippen LogP contribution in [0, 0.1) is 0 Å². The van der Waals surface area contributed by atoms with Gasteiger partial charge in [0.15, 0.2) is 0 Å². The molecule has 0 bridgehead atoms. The first-order valence-electron chi connectivity index (χ1n) is 6.92. The fourth-order valence-electron chi connectivity index (χ4n) is 3.02. The third kappa shape index (κ3) is 1.91. The van der Waals surface area contributed by atoms with Gasteiger partial charge >= 0.3 is 0 Å². The van der Waals surface area contributed by atoms with E-state index in [1.165, 1.54) is 5.56 Å². The zero-order valence-electron chi connectivity index (χ0n) is 11.3. The Morgan fingerprint density at radius 3 is 2.79 bits per heavy atom. The molecule has 1 fully saturated rings. The summed E-state index contributed by atoms with van der Waals surface area (Å²) in [5.74, 6) is 0.831. The number of hydrogen-bond donors (Lipinski definition) is 1. The highest BCUT2D eigenvalue weighted by Gasteiger charge is 2.44. The molecular weight excluding hydrogens is 240 g/mol. The highest BCUT2D eigenvalue weighted by molar-refractivity contribution is 6.02. The molecule has 0 spiro atoms. The predicted octanol–water partition coefficient (Wildman–Crippen LogP) is 1.86. The lowest BCUT2D eigenvalue weighted by Gasteiger charge is -2.42. The normalized spacial score (nSPS) is 20.4. The molecule has 0 radical (unpaired) electrons. The number of nitrogens with zero attached hydrogens (tertiary/aromatic N) is 1. The van der Waals surface area contributed by atoms with Crippen LogP contribution in [0.3, 0.4) is 0 Å². The van der Waals surface area contributed by atoms with Gasteiger partial charge in [-0.3, -0.25) is 4.79 Å². The molecule has 0 aromatic heterocycles. The number of ether oxygens (including phenoxy) is 1. The van der Waals surface area contributed by atoms with E-state index in [0.29, 0.717) is 0 Å². The second-order valence-electron chi connectivity index (χ2n) is 5.54. The van der Waals surface area contributed by atoms with Gasteiger partial charge in [-0.25, -0.2) is 0 Å². The molecule has 0 unspecified atom stereocenters. The fourth-order valence-corrected chi connectivity index (χ4v) is 3.02. The highest BCUT2D eigenvalue weighted by atomic mass is 16.5. The third-order valence-electron chi connectivity index (χ3n) is 4.32. The van der Waals surface area contributed by atoms with Crippen molar-refractivity contribution >= 4 is 11.6 Å². The molecule has 2 N–H and O–H groups in total. The van der Waals surface area contributed by atoms with Gasteiger partial charge in [0.25, 0.3) is 0 Å². The van der Waals surface area contributed by atoms with Crippen molar-refractivity contribution in [2.24, 2.45) is 5.73 Å². The predicted molar refractivity (Wildman–Crippen MR) is 74.4 cm³/mol. The number of anilines is 1. The number of fused-ring (bicyclic) bond motifs is 1. The van der Waals surface area contributed by atoms with E-state index in [1.54, 1.807) is 7.11 Å². The van der Waals surface area contributed by atoms with Crippen LogP contribution < -0.4 is 15.4 Å². The first-order chi connectivity index (χ1) is 9.15. The van der Waals surface area contributed by atoms with Gasteiger partial charge in [0.05, 0.1) is 18.3 Å². The Balaban J connectivity index is 2.00. The number of methoxy groups -OCH3 is 1. The van der Waals surface area contributed by atoms with Crippen LogP contribution in [-0.2, 0) is 11.2 Å². The van der Waals surface area contributed by atoms with E-state index < -0.39 is 5.54 Å². The van der Waals surface area contributed by atoms with Gasteiger partial charge < -0.3 is 15.4 Å². The molecule has 4 heteroatoms. The topological polar surface area (TPSA) is 55.6 Å². The van der Waals surface area contributed by atoms with E-state index in [4.69, 9.17) is 10.5 Å². The lowest BCUT2D eigenvalue weighted by Crippen LogP contribution is -2.60. The molecule has 1 saturated carbocycles. The molecule has 1 aromatic carbocycles. The van der Waals surface area contributed by atoms with E-state index in [-0.39, 0.29) is 5.91 Å². The average Bonchev–Trinajstić information content (AvgIpc) is 2.42. The molecule has 2 aliphatic rings. The minimum Gasteiger partial charge on any atom is -0.495 e. The van der Waals surface area contributed by atoms with E-state index in [1.807, 2.05) is 17.0 Å². The molecule has 3 rings (SSSR count). The maximum Gasteiger partial charge on any atom is 0.247 e. The Labute approximate surface area is 113 Å². The molecular formula is C15H20N2O2. The molecule has 102 valence electrons. The second-order valence-corrected chi connectivity index (χ2v) is 5.54. The summed E-state index contributed by atoms with van der Waals surface area (Å²) in [5, 5.41) is 0.